The van der Waals surface area contributed by atoms with Gasteiger partial charge in [-0.05, 0) is 42.3 Å². The Bertz CT molecular complexity index is 759. The van der Waals surface area contributed by atoms with E-state index in [9.17, 15) is 9.59 Å². The van der Waals surface area contributed by atoms with Gasteiger partial charge >= 0.3 is 5.97 Å². The van der Waals surface area contributed by atoms with Crippen LogP contribution in [-0.2, 0) is 16.0 Å². The van der Waals surface area contributed by atoms with E-state index in [1.54, 1.807) is 29.2 Å². The molecule has 0 saturated carbocycles. The number of hydrogen-bond donors (Lipinski definition) is 0. The molecule has 1 atom stereocenters. The van der Waals surface area contributed by atoms with Crippen LogP contribution in [0.2, 0.25) is 0 Å². The molecule has 0 bridgehead atoms. The third kappa shape index (κ3) is 2.73. The number of hydrogen-bond acceptors (Lipinski definition) is 4. The highest BCUT2D eigenvalue weighted by Crippen LogP contribution is 2.29. The highest BCUT2D eigenvalue weighted by molar-refractivity contribution is 5.95. The van der Waals surface area contributed by atoms with Crippen LogP contribution >= 0.6 is 0 Å². The second-order valence-electron chi connectivity index (χ2n) is 5.98. The van der Waals surface area contributed by atoms with E-state index in [0.717, 1.165) is 30.0 Å². The Morgan fingerprint density at radius 2 is 1.92 bits per heavy atom. The number of carbonyl (C=O) groups excluding carboxylic acids is 2. The second-order valence-corrected chi connectivity index (χ2v) is 5.98. The molecule has 122 valence electrons. The first-order chi connectivity index (χ1) is 11.7. The summed E-state index contributed by atoms with van der Waals surface area (Å²) in [6.07, 6.45) is 1.39. The van der Waals surface area contributed by atoms with Crippen molar-refractivity contribution >= 4 is 17.6 Å². The third-order valence-electron chi connectivity index (χ3n) is 4.35. The fourth-order valence-corrected chi connectivity index (χ4v) is 3.11. The van der Waals surface area contributed by atoms with Gasteiger partial charge in [0.2, 0.25) is 5.91 Å². The zero-order valence-corrected chi connectivity index (χ0v) is 13.1. The smallest absolute Gasteiger partial charge is 0.353 e. The van der Waals surface area contributed by atoms with Crippen LogP contribution in [0.3, 0.4) is 0 Å². The molecule has 0 spiro atoms. The van der Waals surface area contributed by atoms with Crippen LogP contribution < -0.4 is 14.4 Å². The molecule has 0 aromatic heterocycles. The minimum atomic E-state index is -0.609. The van der Waals surface area contributed by atoms with Crippen molar-refractivity contribution in [2.24, 2.45) is 0 Å². The lowest BCUT2D eigenvalue weighted by atomic mass is 10.1. The summed E-state index contributed by atoms with van der Waals surface area (Å²) >= 11 is 0. The van der Waals surface area contributed by atoms with Gasteiger partial charge in [-0.15, -0.1) is 0 Å². The van der Waals surface area contributed by atoms with Crippen molar-refractivity contribution in [3.8, 4) is 11.5 Å². The molecule has 24 heavy (non-hydrogen) atoms. The average molecular weight is 323 g/mol. The summed E-state index contributed by atoms with van der Waals surface area (Å²) in [7, 11) is 0. The van der Waals surface area contributed by atoms with Gasteiger partial charge in [0.25, 0.3) is 0 Å². The summed E-state index contributed by atoms with van der Waals surface area (Å²) in [6, 6.07) is 14.6. The highest BCUT2D eigenvalue weighted by atomic mass is 16.6. The Kier molecular flexibility index (Phi) is 3.69. The molecule has 2 aromatic carbocycles. The number of amides is 1. The Balaban J connectivity index is 1.41. The van der Waals surface area contributed by atoms with Crippen LogP contribution in [0.1, 0.15) is 18.4 Å². The van der Waals surface area contributed by atoms with E-state index in [1.807, 2.05) is 24.3 Å². The monoisotopic (exact) mass is 323 g/mol. The molecule has 1 saturated heterocycles. The second kappa shape index (κ2) is 6.00. The van der Waals surface area contributed by atoms with Crippen LogP contribution in [0.4, 0.5) is 5.69 Å². The predicted molar refractivity (Wildman–Crippen MR) is 88.2 cm³/mol. The van der Waals surface area contributed by atoms with Gasteiger partial charge in [-0.2, -0.15) is 0 Å². The summed E-state index contributed by atoms with van der Waals surface area (Å²) in [5.41, 5.74) is 1.85. The number of para-hydroxylation sites is 1. The van der Waals surface area contributed by atoms with Crippen molar-refractivity contribution in [3.05, 3.63) is 54.1 Å². The van der Waals surface area contributed by atoms with E-state index in [2.05, 4.69) is 0 Å². The number of anilines is 1. The fourth-order valence-electron chi connectivity index (χ4n) is 3.11. The van der Waals surface area contributed by atoms with Crippen molar-refractivity contribution in [1.29, 1.82) is 0 Å². The molecule has 1 amide bonds. The third-order valence-corrected chi connectivity index (χ3v) is 4.35. The number of rotatable bonds is 3. The largest absolute Gasteiger partial charge is 0.478 e. The molecular weight excluding hydrogens is 306 g/mol. The van der Waals surface area contributed by atoms with Crippen LogP contribution in [0.25, 0.3) is 0 Å². The van der Waals surface area contributed by atoms with E-state index < -0.39 is 12.1 Å². The highest BCUT2D eigenvalue weighted by Gasteiger charge is 2.30. The number of carbonyl (C=O) groups is 2. The van der Waals surface area contributed by atoms with Crippen LogP contribution in [0, 0.1) is 0 Å². The lowest BCUT2D eigenvalue weighted by Crippen LogP contribution is -2.29. The first-order valence-electron chi connectivity index (χ1n) is 8.07. The van der Waals surface area contributed by atoms with Gasteiger partial charge in [-0.3, -0.25) is 4.79 Å². The average Bonchev–Trinajstić information content (AvgIpc) is 3.21. The quantitative estimate of drug-likeness (QED) is 0.644. The van der Waals surface area contributed by atoms with Gasteiger partial charge in [0.05, 0.1) is 0 Å². The van der Waals surface area contributed by atoms with Crippen molar-refractivity contribution in [2.75, 3.05) is 11.4 Å². The first kappa shape index (κ1) is 14.8. The van der Waals surface area contributed by atoms with E-state index in [4.69, 9.17) is 9.47 Å². The topological polar surface area (TPSA) is 55.8 Å². The molecule has 0 N–H and O–H groups in total. The molecule has 0 unspecified atom stereocenters. The van der Waals surface area contributed by atoms with Crippen molar-refractivity contribution in [2.45, 2.75) is 25.4 Å². The number of fused-ring (bicyclic) bond motifs is 1. The first-order valence-corrected chi connectivity index (χ1v) is 8.07. The van der Waals surface area contributed by atoms with E-state index in [0.29, 0.717) is 18.6 Å². The molecule has 2 aliphatic heterocycles. The number of benzene rings is 2. The maximum absolute atomic E-state index is 12.3. The van der Waals surface area contributed by atoms with E-state index in [1.165, 1.54) is 0 Å². The molecule has 1 fully saturated rings. The lowest BCUT2D eigenvalue weighted by molar-refractivity contribution is -0.141. The zero-order valence-electron chi connectivity index (χ0n) is 13.1. The summed E-state index contributed by atoms with van der Waals surface area (Å²) in [4.78, 5) is 25.8. The maximum Gasteiger partial charge on any atom is 0.353 e. The number of nitrogens with zero attached hydrogens (tertiary/aromatic N) is 1. The van der Waals surface area contributed by atoms with Gasteiger partial charge < -0.3 is 14.4 Å². The summed E-state index contributed by atoms with van der Waals surface area (Å²) < 4.78 is 11.0. The Morgan fingerprint density at radius 1 is 1.12 bits per heavy atom. The molecule has 2 heterocycles. The van der Waals surface area contributed by atoms with Gasteiger partial charge in [0.15, 0.2) is 6.10 Å². The summed E-state index contributed by atoms with van der Waals surface area (Å²) in [6.45, 7) is 0.742. The van der Waals surface area contributed by atoms with Gasteiger partial charge in [-0.1, -0.05) is 18.2 Å². The zero-order chi connectivity index (χ0) is 16.5. The Morgan fingerprint density at radius 3 is 2.62 bits per heavy atom. The fraction of sp³-hybridized carbons (Fsp3) is 0.263. The number of ether oxygens (including phenoxy) is 2. The molecule has 2 aliphatic rings. The van der Waals surface area contributed by atoms with Crippen molar-refractivity contribution in [3.63, 3.8) is 0 Å². The lowest BCUT2D eigenvalue weighted by Gasteiger charge is -2.16. The van der Waals surface area contributed by atoms with Crippen LogP contribution in [-0.4, -0.2) is 24.5 Å². The molecule has 0 radical (unpaired) electrons. The van der Waals surface area contributed by atoms with Gasteiger partial charge in [0, 0.05) is 25.1 Å². The number of esters is 1. The molecular formula is C19H17NO4. The summed E-state index contributed by atoms with van der Waals surface area (Å²) in [5, 5.41) is 0. The van der Waals surface area contributed by atoms with E-state index in [-0.39, 0.29) is 5.91 Å². The van der Waals surface area contributed by atoms with Crippen molar-refractivity contribution in [1.82, 2.24) is 0 Å². The normalized spacial score (nSPS) is 19.1. The molecule has 5 nitrogen and oxygen atoms in total. The van der Waals surface area contributed by atoms with Crippen LogP contribution in [0.15, 0.2) is 48.5 Å². The minimum Gasteiger partial charge on any atom is -0.478 e. The van der Waals surface area contributed by atoms with Gasteiger partial charge in [-0.25, -0.2) is 4.79 Å². The molecule has 2 aromatic rings. The molecule has 4 rings (SSSR count). The maximum atomic E-state index is 12.3. The van der Waals surface area contributed by atoms with Crippen molar-refractivity contribution < 1.29 is 19.1 Å². The summed E-state index contributed by atoms with van der Waals surface area (Å²) in [5.74, 6) is 0.922. The molecule has 0 aliphatic carbocycles. The SMILES string of the molecule is O=C(Oc1ccc(N2CCCC2=O)cc1)[C@@H]1Cc2ccccc2O1. The Hall–Kier alpha value is -2.82. The molecule has 5 heteroatoms. The minimum absolute atomic E-state index is 0.136. The van der Waals surface area contributed by atoms with E-state index >= 15 is 0 Å². The van der Waals surface area contributed by atoms with Crippen LogP contribution in [0.5, 0.6) is 11.5 Å². The standard InChI is InChI=1S/C19H17NO4/c21-18-6-3-11-20(18)14-7-9-15(10-8-14)23-19(22)17-12-13-4-1-2-5-16(13)24-17/h1-2,4-5,7-10,17H,3,6,11-12H2/t17-/m0/s1. The Labute approximate surface area is 139 Å². The van der Waals surface area contributed by atoms with Gasteiger partial charge in [0.1, 0.15) is 11.5 Å². The predicted octanol–water partition coefficient (Wildman–Crippen LogP) is 2.72.